The van der Waals surface area contributed by atoms with Crippen molar-refractivity contribution in [3.05, 3.63) is 112 Å². The number of hydrogen-bond donors (Lipinski definition) is 2. The lowest BCUT2D eigenvalue weighted by Gasteiger charge is -2.36. The molecule has 0 spiro atoms. The van der Waals surface area contributed by atoms with Crippen LogP contribution in [0, 0.1) is 5.92 Å². The highest BCUT2D eigenvalue weighted by Gasteiger charge is 2.45. The molecule has 9 rings (SSSR count). The maximum atomic E-state index is 13.9. The molecule has 4 aliphatic rings. The number of para-hydroxylation sites is 1. The second-order valence-corrected chi connectivity index (χ2v) is 17.7. The number of piperazine rings is 1. The van der Waals surface area contributed by atoms with Crippen molar-refractivity contribution in [3.8, 4) is 11.5 Å². The highest BCUT2D eigenvalue weighted by molar-refractivity contribution is 6.35. The van der Waals surface area contributed by atoms with Crippen LogP contribution < -0.4 is 15.0 Å². The van der Waals surface area contributed by atoms with E-state index in [4.69, 9.17) is 16.3 Å². The van der Waals surface area contributed by atoms with Gasteiger partial charge >= 0.3 is 0 Å². The molecule has 15 nitrogen and oxygen atoms in total. The van der Waals surface area contributed by atoms with Crippen LogP contribution >= 0.6 is 11.6 Å². The number of hydrogen-bond acceptors (Lipinski definition) is 11. The summed E-state index contributed by atoms with van der Waals surface area (Å²) in [6, 6.07) is 18.7. The predicted molar refractivity (Wildman–Crippen MR) is 243 cm³/mol. The Bertz CT molecular complexity index is 2640. The van der Waals surface area contributed by atoms with Crippen molar-refractivity contribution >= 4 is 63.6 Å². The lowest BCUT2D eigenvalue weighted by atomic mass is 9.90. The summed E-state index contributed by atoms with van der Waals surface area (Å²) in [6.07, 6.45) is 10.3. The summed E-state index contributed by atoms with van der Waals surface area (Å²) in [4.78, 5) is 97.3. The third kappa shape index (κ3) is 9.52. The Balaban J connectivity index is 0.681. The highest BCUT2D eigenvalue weighted by Crippen LogP contribution is 2.34. The number of unbranched alkanes of at least 4 members (excludes halogenated alkanes) is 3. The predicted octanol–water partition coefficient (Wildman–Crippen LogP) is 6.59. The SMILES string of the molecule is O=C1CCC(N2C(=O)c3ccc(N4CCN(CCCCCCC(=O)N5CCC(Cc6ncnc7[nH]cc(C(=O)c8ccc(Oc9ccccc9)cc8Cl)c67)CC5)CC4)cc3C2=O)C(=O)N1. The first-order valence-corrected chi connectivity index (χ1v) is 23.0. The molecule has 336 valence electrons. The van der Waals surface area contributed by atoms with Crippen molar-refractivity contribution in [1.82, 2.24) is 35.0 Å². The van der Waals surface area contributed by atoms with Gasteiger partial charge in [0.25, 0.3) is 11.8 Å². The van der Waals surface area contributed by atoms with Gasteiger partial charge in [0.1, 0.15) is 29.5 Å². The smallest absolute Gasteiger partial charge is 0.262 e. The van der Waals surface area contributed by atoms with Gasteiger partial charge in [0.15, 0.2) is 5.78 Å². The van der Waals surface area contributed by atoms with E-state index in [0.29, 0.717) is 76.1 Å². The van der Waals surface area contributed by atoms with Crippen LogP contribution in [-0.4, -0.2) is 117 Å². The van der Waals surface area contributed by atoms with Crippen LogP contribution in [0.15, 0.2) is 79.3 Å². The number of ether oxygens (including phenoxy) is 1. The maximum Gasteiger partial charge on any atom is 0.262 e. The number of ketones is 1. The number of amides is 5. The molecule has 2 N–H and O–H groups in total. The number of halogens is 1. The molecule has 16 heteroatoms. The third-order valence-electron chi connectivity index (χ3n) is 13.2. The van der Waals surface area contributed by atoms with E-state index >= 15 is 0 Å². The average Bonchev–Trinajstić information content (AvgIpc) is 3.86. The van der Waals surface area contributed by atoms with Crippen molar-refractivity contribution in [2.24, 2.45) is 5.92 Å². The fourth-order valence-corrected chi connectivity index (χ4v) is 9.80. The summed E-state index contributed by atoms with van der Waals surface area (Å²) in [5.74, 6) is -0.493. The number of benzene rings is 3. The molecule has 6 heterocycles. The summed E-state index contributed by atoms with van der Waals surface area (Å²) < 4.78 is 5.90. The second kappa shape index (κ2) is 19.3. The first kappa shape index (κ1) is 43.8. The standard InChI is InChI=1S/C49H51ClN8O7/c50-39-28-34(65-33-8-4-3-5-9-33)12-14-36(39)45(61)38-29-51-46-44(38)40(52-30-53-46)26-31-17-20-57(21-18-31)43(60)10-6-1-2-7-19-55-22-24-56(25-23-55)32-11-13-35-37(27-32)49(64)58(48(35)63)41-15-16-42(59)54-47(41)62/h3-5,8-9,11-14,27-31,41H,1-2,6-7,10,15-26H2,(H,51,52,53)(H,54,59,62). The van der Waals surface area contributed by atoms with Gasteiger partial charge in [0, 0.05) is 75.6 Å². The molecule has 0 bridgehead atoms. The first-order valence-electron chi connectivity index (χ1n) is 22.6. The Hall–Kier alpha value is -6.45. The minimum absolute atomic E-state index is 0.0860. The van der Waals surface area contributed by atoms with E-state index in [1.165, 1.54) is 6.33 Å². The van der Waals surface area contributed by atoms with E-state index < -0.39 is 29.7 Å². The van der Waals surface area contributed by atoms with Crippen LogP contribution in [0.25, 0.3) is 11.0 Å². The van der Waals surface area contributed by atoms with E-state index in [1.54, 1.807) is 36.5 Å². The molecule has 0 aliphatic carbocycles. The number of carbonyl (C=O) groups excluding carboxylic acids is 6. The van der Waals surface area contributed by atoms with Gasteiger partial charge in [0.2, 0.25) is 17.7 Å². The second-order valence-electron chi connectivity index (χ2n) is 17.3. The molecular formula is C49H51ClN8O7. The zero-order chi connectivity index (χ0) is 45.0. The lowest BCUT2D eigenvalue weighted by Crippen LogP contribution is -2.54. The van der Waals surface area contributed by atoms with Gasteiger partial charge in [-0.15, -0.1) is 0 Å². The van der Waals surface area contributed by atoms with E-state index in [2.05, 4.69) is 30.1 Å². The van der Waals surface area contributed by atoms with Crippen molar-refractivity contribution in [2.45, 2.75) is 70.3 Å². The van der Waals surface area contributed by atoms with Crippen molar-refractivity contribution in [3.63, 3.8) is 0 Å². The Morgan fingerprint density at radius 3 is 2.31 bits per heavy atom. The van der Waals surface area contributed by atoms with Gasteiger partial charge in [-0.3, -0.25) is 43.9 Å². The fraction of sp³-hybridized carbons (Fsp3) is 0.388. The normalized spacial score (nSPS) is 18.4. The molecule has 1 unspecified atom stereocenters. The molecule has 5 aromatic rings. The maximum absolute atomic E-state index is 13.9. The Morgan fingerprint density at radius 1 is 0.769 bits per heavy atom. The number of carbonyl (C=O) groups is 6. The Labute approximate surface area is 381 Å². The fourth-order valence-electron chi connectivity index (χ4n) is 9.54. The minimum atomic E-state index is -0.979. The number of nitrogens with one attached hydrogen (secondary N) is 2. The number of aromatic nitrogens is 3. The first-order chi connectivity index (χ1) is 31.6. The highest BCUT2D eigenvalue weighted by atomic mass is 35.5. The van der Waals surface area contributed by atoms with Crippen molar-refractivity contribution in [2.75, 3.05) is 50.7 Å². The van der Waals surface area contributed by atoms with Crippen LogP contribution in [0.4, 0.5) is 5.69 Å². The molecule has 2 aromatic heterocycles. The van der Waals surface area contributed by atoms with Gasteiger partial charge in [-0.25, -0.2) is 9.97 Å². The molecule has 0 saturated carbocycles. The van der Waals surface area contributed by atoms with Crippen LogP contribution in [0.3, 0.4) is 0 Å². The monoisotopic (exact) mass is 898 g/mol. The molecule has 3 saturated heterocycles. The molecule has 0 radical (unpaired) electrons. The number of anilines is 1. The number of piperidine rings is 2. The molecule has 1 atom stereocenters. The summed E-state index contributed by atoms with van der Waals surface area (Å²) in [5.41, 5.74) is 3.70. The minimum Gasteiger partial charge on any atom is -0.457 e. The summed E-state index contributed by atoms with van der Waals surface area (Å²) >= 11 is 6.63. The van der Waals surface area contributed by atoms with Crippen molar-refractivity contribution in [1.29, 1.82) is 0 Å². The molecule has 65 heavy (non-hydrogen) atoms. The van der Waals surface area contributed by atoms with Gasteiger partial charge in [-0.05, 0) is 93.5 Å². The molecule has 3 aromatic carbocycles. The lowest BCUT2D eigenvalue weighted by molar-refractivity contribution is -0.136. The number of H-pyrrole nitrogens is 1. The van der Waals surface area contributed by atoms with E-state index in [9.17, 15) is 28.8 Å². The zero-order valence-corrected chi connectivity index (χ0v) is 36.9. The molecule has 3 fully saturated rings. The van der Waals surface area contributed by atoms with E-state index in [-0.39, 0.29) is 30.1 Å². The summed E-state index contributed by atoms with van der Waals surface area (Å²) in [6.45, 7) is 5.72. The van der Waals surface area contributed by atoms with E-state index in [0.717, 1.165) is 87.5 Å². The van der Waals surface area contributed by atoms with Crippen LogP contribution in [-0.2, 0) is 20.8 Å². The third-order valence-corrected chi connectivity index (χ3v) is 13.5. The number of nitrogens with zero attached hydrogens (tertiary/aromatic N) is 6. The Kier molecular flexibility index (Phi) is 13.0. The van der Waals surface area contributed by atoms with Gasteiger partial charge in [0.05, 0.1) is 32.8 Å². The summed E-state index contributed by atoms with van der Waals surface area (Å²) in [7, 11) is 0. The summed E-state index contributed by atoms with van der Waals surface area (Å²) in [5, 5.41) is 3.23. The number of fused-ring (bicyclic) bond motifs is 2. The van der Waals surface area contributed by atoms with Crippen LogP contribution in [0.2, 0.25) is 5.02 Å². The molecule has 5 amide bonds. The van der Waals surface area contributed by atoms with E-state index in [1.807, 2.05) is 41.3 Å². The number of likely N-dealkylation sites (tertiary alicyclic amines) is 1. The number of rotatable bonds is 15. The van der Waals surface area contributed by atoms with Crippen LogP contribution in [0.1, 0.15) is 100 Å². The average molecular weight is 899 g/mol. The number of aromatic amines is 1. The van der Waals surface area contributed by atoms with Gasteiger partial charge in [-0.1, -0.05) is 42.6 Å². The Morgan fingerprint density at radius 2 is 1.54 bits per heavy atom. The van der Waals surface area contributed by atoms with Crippen LogP contribution in [0.5, 0.6) is 11.5 Å². The van der Waals surface area contributed by atoms with Gasteiger partial charge < -0.3 is 19.5 Å². The van der Waals surface area contributed by atoms with Gasteiger partial charge in [-0.2, -0.15) is 0 Å². The number of imide groups is 2. The largest absolute Gasteiger partial charge is 0.457 e. The topological polar surface area (TPSA) is 178 Å². The molecular weight excluding hydrogens is 848 g/mol. The zero-order valence-electron chi connectivity index (χ0n) is 36.1. The van der Waals surface area contributed by atoms with Crippen molar-refractivity contribution < 1.29 is 33.5 Å². The molecule has 4 aliphatic heterocycles. The quantitative estimate of drug-likeness (QED) is 0.0658.